The van der Waals surface area contributed by atoms with Gasteiger partial charge in [-0.05, 0) is 45.1 Å². The molecule has 10 heteroatoms. The molecule has 2 N–H and O–H groups in total. The lowest BCUT2D eigenvalue weighted by Crippen LogP contribution is -2.46. The Bertz CT molecular complexity index is 1110. The highest BCUT2D eigenvalue weighted by molar-refractivity contribution is 5.62. The number of aromatic nitrogens is 3. The van der Waals surface area contributed by atoms with Crippen molar-refractivity contribution < 1.29 is 18.6 Å². The molecular formula is C23H27FN6O3. The largest absolute Gasteiger partial charge is 0.493 e. The second-order valence-corrected chi connectivity index (χ2v) is 7.92. The first-order chi connectivity index (χ1) is 15.9. The highest BCUT2D eigenvalue weighted by Gasteiger charge is 2.32. The second kappa shape index (κ2) is 9.86. The Morgan fingerprint density at radius 3 is 2.48 bits per heavy atom. The van der Waals surface area contributed by atoms with Gasteiger partial charge in [0.15, 0.2) is 17.3 Å². The van der Waals surface area contributed by atoms with Gasteiger partial charge in [0.25, 0.3) is 0 Å². The molecule has 0 radical (unpaired) electrons. The number of nitrogens with one attached hydrogen (secondary N) is 2. The van der Waals surface area contributed by atoms with Gasteiger partial charge in [0, 0.05) is 30.1 Å². The third-order valence-corrected chi connectivity index (χ3v) is 5.44. The van der Waals surface area contributed by atoms with Gasteiger partial charge in [-0.1, -0.05) is 0 Å². The van der Waals surface area contributed by atoms with E-state index in [-0.39, 0.29) is 12.0 Å². The van der Waals surface area contributed by atoms with Crippen LogP contribution in [0.2, 0.25) is 0 Å². The number of halogens is 1. The molecule has 1 aliphatic rings. The van der Waals surface area contributed by atoms with Gasteiger partial charge in [-0.3, -0.25) is 0 Å². The van der Waals surface area contributed by atoms with Crippen LogP contribution in [0.15, 0.2) is 42.7 Å². The number of hydrogen-bond donors (Lipinski definition) is 2. The van der Waals surface area contributed by atoms with Crippen molar-refractivity contribution in [2.75, 3.05) is 38.9 Å². The van der Waals surface area contributed by atoms with Crippen molar-refractivity contribution in [3.63, 3.8) is 0 Å². The molecule has 9 nitrogen and oxygen atoms in total. The van der Waals surface area contributed by atoms with E-state index in [2.05, 4.69) is 44.6 Å². The smallest absolute Gasteiger partial charge is 0.250 e. The maximum absolute atomic E-state index is 13.9. The molecule has 174 valence electrons. The molecule has 1 fully saturated rings. The van der Waals surface area contributed by atoms with Crippen LogP contribution < -0.4 is 24.8 Å². The molecule has 33 heavy (non-hydrogen) atoms. The summed E-state index contributed by atoms with van der Waals surface area (Å²) in [6, 6.07) is 9.11. The van der Waals surface area contributed by atoms with Crippen LogP contribution in [0.25, 0.3) is 0 Å². The number of rotatable bonds is 9. The quantitative estimate of drug-likeness (QED) is 0.498. The maximum atomic E-state index is 13.9. The van der Waals surface area contributed by atoms with E-state index in [0.717, 1.165) is 18.5 Å². The van der Waals surface area contributed by atoms with Crippen LogP contribution in [0.5, 0.6) is 17.4 Å². The summed E-state index contributed by atoms with van der Waals surface area (Å²) in [5.41, 5.74) is 1.18. The second-order valence-electron chi connectivity index (χ2n) is 7.92. The van der Waals surface area contributed by atoms with E-state index >= 15 is 0 Å². The molecule has 0 amide bonds. The molecule has 4 rings (SSSR count). The first kappa shape index (κ1) is 22.5. The van der Waals surface area contributed by atoms with Gasteiger partial charge in [0.1, 0.15) is 11.9 Å². The number of nitrogens with zero attached hydrogens (tertiary/aromatic N) is 4. The van der Waals surface area contributed by atoms with Crippen LogP contribution in [0.3, 0.4) is 0 Å². The summed E-state index contributed by atoms with van der Waals surface area (Å²) in [6.07, 6.45) is 5.24. The average Bonchev–Trinajstić information content (AvgIpc) is 2.76. The molecule has 0 unspecified atom stereocenters. The van der Waals surface area contributed by atoms with Gasteiger partial charge in [0.2, 0.25) is 11.8 Å². The maximum Gasteiger partial charge on any atom is 0.250 e. The Labute approximate surface area is 191 Å². The summed E-state index contributed by atoms with van der Waals surface area (Å²) in [5, 5.41) is 6.15. The minimum atomic E-state index is -0.566. The fraction of sp³-hybridized carbons (Fsp3) is 0.348. The average molecular weight is 455 g/mol. The fourth-order valence-corrected chi connectivity index (χ4v) is 3.49. The van der Waals surface area contributed by atoms with Crippen molar-refractivity contribution in [2.45, 2.75) is 25.0 Å². The Kier molecular flexibility index (Phi) is 6.74. The van der Waals surface area contributed by atoms with Crippen molar-refractivity contribution in [3.05, 3.63) is 48.5 Å². The minimum Gasteiger partial charge on any atom is -0.493 e. The molecular weight excluding hydrogens is 427 g/mol. The summed E-state index contributed by atoms with van der Waals surface area (Å²) in [7, 11) is 7.14. The number of ether oxygens (including phenoxy) is 3. The van der Waals surface area contributed by atoms with E-state index in [1.807, 2.05) is 18.2 Å². The Balaban J connectivity index is 1.42. The van der Waals surface area contributed by atoms with Gasteiger partial charge >= 0.3 is 0 Å². The molecule has 1 aliphatic carbocycles. The summed E-state index contributed by atoms with van der Waals surface area (Å²) in [4.78, 5) is 14.8. The summed E-state index contributed by atoms with van der Waals surface area (Å²) < 4.78 is 30.3. The zero-order valence-electron chi connectivity index (χ0n) is 19.0. The zero-order chi connectivity index (χ0) is 23.4. The molecule has 0 atom stereocenters. The van der Waals surface area contributed by atoms with E-state index < -0.39 is 5.82 Å². The minimum absolute atomic E-state index is 0.0678. The number of hydrogen-bond acceptors (Lipinski definition) is 9. The topological polar surface area (TPSA) is 93.7 Å². The van der Waals surface area contributed by atoms with E-state index in [1.165, 1.54) is 19.4 Å². The summed E-state index contributed by atoms with van der Waals surface area (Å²) in [5.74, 6) is 1.54. The number of pyridine rings is 1. The van der Waals surface area contributed by atoms with Gasteiger partial charge in [0.05, 0.1) is 26.1 Å². The lowest BCUT2D eigenvalue weighted by atomic mass is 9.88. The predicted octanol–water partition coefficient (Wildman–Crippen LogP) is 3.99. The third kappa shape index (κ3) is 5.40. The number of methoxy groups -OCH3 is 2. The standard InChI is InChI=1S/C23H27FN6O3/c1-30(2)16-11-17(12-16)33-19-6-5-14(10-20(19)31-3)28-23-25-8-7-21(29-23)27-15-9-18(24)22(32-4)26-13-15/h5-10,13,16-17H,11-12H2,1-4H3,(H2,25,27,28,29). The normalized spacial score (nSPS) is 17.3. The highest BCUT2D eigenvalue weighted by Crippen LogP contribution is 2.36. The summed E-state index contributed by atoms with van der Waals surface area (Å²) >= 11 is 0. The van der Waals surface area contributed by atoms with E-state index in [1.54, 1.807) is 19.4 Å². The monoisotopic (exact) mass is 454 g/mol. The highest BCUT2D eigenvalue weighted by atomic mass is 19.1. The molecule has 0 saturated heterocycles. The van der Waals surface area contributed by atoms with Crippen molar-refractivity contribution in [2.24, 2.45) is 0 Å². The first-order valence-electron chi connectivity index (χ1n) is 10.5. The summed E-state index contributed by atoms with van der Waals surface area (Å²) in [6.45, 7) is 0. The zero-order valence-corrected chi connectivity index (χ0v) is 19.0. The molecule has 0 bridgehead atoms. The van der Waals surface area contributed by atoms with Gasteiger partial charge in [-0.25, -0.2) is 14.4 Å². The van der Waals surface area contributed by atoms with E-state index in [4.69, 9.17) is 14.2 Å². The van der Waals surface area contributed by atoms with Crippen molar-refractivity contribution in [1.29, 1.82) is 0 Å². The van der Waals surface area contributed by atoms with Gasteiger partial charge in [-0.2, -0.15) is 4.98 Å². The molecule has 3 aromatic rings. The fourth-order valence-electron chi connectivity index (χ4n) is 3.49. The van der Waals surface area contributed by atoms with Crippen molar-refractivity contribution in [3.8, 4) is 17.4 Å². The Morgan fingerprint density at radius 1 is 0.970 bits per heavy atom. The Hall–Kier alpha value is -3.66. The van der Waals surface area contributed by atoms with Crippen LogP contribution in [0, 0.1) is 5.82 Å². The molecule has 0 spiro atoms. The van der Waals surface area contributed by atoms with Crippen molar-refractivity contribution >= 4 is 23.1 Å². The molecule has 2 aromatic heterocycles. The van der Waals surface area contributed by atoms with Gasteiger partial charge in [-0.15, -0.1) is 0 Å². The van der Waals surface area contributed by atoms with Crippen LogP contribution in [-0.4, -0.2) is 60.3 Å². The number of anilines is 4. The lowest BCUT2D eigenvalue weighted by molar-refractivity contribution is 0.0383. The lowest BCUT2D eigenvalue weighted by Gasteiger charge is -2.39. The van der Waals surface area contributed by atoms with Crippen LogP contribution in [-0.2, 0) is 0 Å². The van der Waals surface area contributed by atoms with E-state index in [9.17, 15) is 4.39 Å². The predicted molar refractivity (Wildman–Crippen MR) is 123 cm³/mol. The number of benzene rings is 1. The van der Waals surface area contributed by atoms with Crippen LogP contribution in [0.4, 0.5) is 27.5 Å². The Morgan fingerprint density at radius 2 is 1.79 bits per heavy atom. The van der Waals surface area contributed by atoms with Crippen LogP contribution >= 0.6 is 0 Å². The molecule has 1 saturated carbocycles. The first-order valence-corrected chi connectivity index (χ1v) is 10.5. The molecule has 2 heterocycles. The van der Waals surface area contributed by atoms with E-state index in [0.29, 0.717) is 35.0 Å². The molecule has 0 aliphatic heterocycles. The van der Waals surface area contributed by atoms with Crippen molar-refractivity contribution in [1.82, 2.24) is 19.9 Å². The third-order valence-electron chi connectivity index (χ3n) is 5.44. The van der Waals surface area contributed by atoms with Crippen LogP contribution in [0.1, 0.15) is 12.8 Å². The molecule has 1 aromatic carbocycles. The SMILES string of the molecule is COc1cc(Nc2nccc(Nc3cnc(OC)c(F)c3)n2)ccc1OC1CC(N(C)C)C1. The van der Waals surface area contributed by atoms with Gasteiger partial charge < -0.3 is 29.7 Å².